The van der Waals surface area contributed by atoms with Gasteiger partial charge in [0.15, 0.2) is 17.5 Å². The molecule has 7 heteroatoms. The van der Waals surface area contributed by atoms with Gasteiger partial charge < -0.3 is 15.4 Å². The van der Waals surface area contributed by atoms with Crippen LogP contribution in [-0.2, 0) is 9.53 Å². The number of benzene rings is 1. The molecule has 1 amide bonds. The summed E-state index contributed by atoms with van der Waals surface area (Å²) in [4.78, 5) is 11.3. The van der Waals surface area contributed by atoms with Gasteiger partial charge in [-0.05, 0) is 0 Å². The summed E-state index contributed by atoms with van der Waals surface area (Å²) in [6.07, 6.45) is 0. The van der Waals surface area contributed by atoms with Crippen LogP contribution in [0, 0.1) is 17.5 Å². The van der Waals surface area contributed by atoms with E-state index in [4.69, 9.17) is 4.74 Å². The molecule has 0 aliphatic rings. The van der Waals surface area contributed by atoms with Crippen molar-refractivity contribution in [3.8, 4) is 0 Å². The number of anilines is 1. The number of nitrogens with one attached hydrogen (secondary N) is 2. The van der Waals surface area contributed by atoms with E-state index in [9.17, 15) is 18.0 Å². The molecule has 0 saturated heterocycles. The molecule has 0 unspecified atom stereocenters. The van der Waals surface area contributed by atoms with E-state index in [2.05, 4.69) is 10.6 Å². The number of methoxy groups -OCH3 is 1. The molecule has 0 aliphatic heterocycles. The minimum absolute atomic E-state index is 0.0377. The number of ether oxygens (including phenoxy) is 1. The van der Waals surface area contributed by atoms with Crippen LogP contribution in [0.3, 0.4) is 0 Å². The lowest BCUT2D eigenvalue weighted by Gasteiger charge is -2.07. The molecule has 0 fully saturated rings. The highest BCUT2D eigenvalue weighted by Crippen LogP contribution is 2.16. The van der Waals surface area contributed by atoms with Crippen molar-refractivity contribution >= 4 is 11.6 Å². The summed E-state index contributed by atoms with van der Waals surface area (Å²) in [5.41, 5.74) is -0.134. The standard InChI is InChI=1S/C11H13F3N2O2/c1-18-3-2-15-6-10(17)16-7-4-8(12)11(14)9(13)5-7/h4-5,15H,2-3,6H2,1H3,(H,16,17). The predicted octanol–water partition coefficient (Wildman–Crippen LogP) is 1.28. The third-order valence-corrected chi connectivity index (χ3v) is 2.04. The normalized spacial score (nSPS) is 10.4. The summed E-state index contributed by atoms with van der Waals surface area (Å²) in [6.45, 7) is 0.868. The molecule has 0 bridgehead atoms. The fraction of sp³-hybridized carbons (Fsp3) is 0.364. The van der Waals surface area contributed by atoms with Crippen LogP contribution in [0.15, 0.2) is 12.1 Å². The molecule has 0 radical (unpaired) electrons. The summed E-state index contributed by atoms with van der Waals surface area (Å²) >= 11 is 0. The molecule has 1 aromatic carbocycles. The molecule has 1 aromatic rings. The second-order valence-electron chi connectivity index (χ2n) is 3.47. The first-order valence-corrected chi connectivity index (χ1v) is 5.18. The van der Waals surface area contributed by atoms with E-state index in [1.807, 2.05) is 0 Å². The first kappa shape index (κ1) is 14.5. The molecule has 100 valence electrons. The maximum absolute atomic E-state index is 12.8. The fourth-order valence-corrected chi connectivity index (χ4v) is 1.21. The van der Waals surface area contributed by atoms with Gasteiger partial charge in [0.25, 0.3) is 0 Å². The van der Waals surface area contributed by atoms with Crippen LogP contribution in [-0.4, -0.2) is 32.7 Å². The van der Waals surface area contributed by atoms with Crippen molar-refractivity contribution in [2.75, 3.05) is 32.1 Å². The monoisotopic (exact) mass is 262 g/mol. The van der Waals surface area contributed by atoms with Crippen molar-refractivity contribution in [2.45, 2.75) is 0 Å². The zero-order valence-corrected chi connectivity index (χ0v) is 9.73. The number of carbonyl (C=O) groups is 1. The predicted molar refractivity (Wildman–Crippen MR) is 59.7 cm³/mol. The van der Waals surface area contributed by atoms with Gasteiger partial charge in [-0.15, -0.1) is 0 Å². The van der Waals surface area contributed by atoms with E-state index >= 15 is 0 Å². The summed E-state index contributed by atoms with van der Waals surface area (Å²) < 4.78 is 43.1. The van der Waals surface area contributed by atoms with Crippen molar-refractivity contribution in [3.63, 3.8) is 0 Å². The molecule has 4 nitrogen and oxygen atoms in total. The van der Waals surface area contributed by atoms with Gasteiger partial charge in [-0.2, -0.15) is 0 Å². The molecular weight excluding hydrogens is 249 g/mol. The summed E-state index contributed by atoms with van der Waals surface area (Å²) in [7, 11) is 1.52. The van der Waals surface area contributed by atoms with Crippen LogP contribution in [0.25, 0.3) is 0 Å². The second-order valence-corrected chi connectivity index (χ2v) is 3.47. The van der Waals surface area contributed by atoms with Crippen LogP contribution in [0.1, 0.15) is 0 Å². The highest BCUT2D eigenvalue weighted by Gasteiger charge is 2.11. The molecule has 0 heterocycles. The summed E-state index contributed by atoms with van der Waals surface area (Å²) in [5.74, 6) is -4.75. The molecule has 0 saturated carbocycles. The summed E-state index contributed by atoms with van der Waals surface area (Å²) in [6, 6.07) is 1.43. The van der Waals surface area contributed by atoms with Gasteiger partial charge in [-0.3, -0.25) is 4.79 Å². The first-order chi connectivity index (χ1) is 8.54. The zero-order chi connectivity index (χ0) is 13.5. The summed E-state index contributed by atoms with van der Waals surface area (Å²) in [5, 5.41) is 4.99. The Morgan fingerprint density at radius 3 is 2.44 bits per heavy atom. The van der Waals surface area contributed by atoms with E-state index in [1.54, 1.807) is 0 Å². The Morgan fingerprint density at radius 1 is 1.28 bits per heavy atom. The van der Waals surface area contributed by atoms with Crippen LogP contribution in [0.2, 0.25) is 0 Å². The fourth-order valence-electron chi connectivity index (χ4n) is 1.21. The van der Waals surface area contributed by atoms with Gasteiger partial charge >= 0.3 is 0 Å². The number of rotatable bonds is 6. The Balaban J connectivity index is 2.49. The average molecular weight is 262 g/mol. The highest BCUT2D eigenvalue weighted by atomic mass is 19.2. The second kappa shape index (κ2) is 6.97. The molecular formula is C11H13F3N2O2. The van der Waals surface area contributed by atoms with Crippen LogP contribution >= 0.6 is 0 Å². The minimum Gasteiger partial charge on any atom is -0.383 e. The van der Waals surface area contributed by atoms with Gasteiger partial charge in [0, 0.05) is 31.5 Å². The molecule has 0 aliphatic carbocycles. The van der Waals surface area contributed by atoms with E-state index in [1.165, 1.54) is 7.11 Å². The zero-order valence-electron chi connectivity index (χ0n) is 9.73. The lowest BCUT2D eigenvalue weighted by atomic mass is 10.3. The smallest absolute Gasteiger partial charge is 0.238 e. The van der Waals surface area contributed by atoms with Crippen molar-refractivity contribution < 1.29 is 22.7 Å². The van der Waals surface area contributed by atoms with Gasteiger partial charge in [-0.1, -0.05) is 0 Å². The third-order valence-electron chi connectivity index (χ3n) is 2.04. The first-order valence-electron chi connectivity index (χ1n) is 5.18. The number of carbonyl (C=O) groups excluding carboxylic acids is 1. The Labute approximate surface area is 102 Å². The van der Waals surface area contributed by atoms with Crippen molar-refractivity contribution in [2.24, 2.45) is 0 Å². The van der Waals surface area contributed by atoms with Gasteiger partial charge in [0.05, 0.1) is 13.2 Å². The maximum Gasteiger partial charge on any atom is 0.238 e. The Morgan fingerprint density at radius 2 is 1.89 bits per heavy atom. The lowest BCUT2D eigenvalue weighted by molar-refractivity contribution is -0.115. The van der Waals surface area contributed by atoms with Crippen molar-refractivity contribution in [1.82, 2.24) is 5.32 Å². The van der Waals surface area contributed by atoms with Crippen LogP contribution in [0.5, 0.6) is 0 Å². The topological polar surface area (TPSA) is 50.4 Å². The molecule has 1 rings (SSSR count). The molecule has 0 aromatic heterocycles. The van der Waals surface area contributed by atoms with Gasteiger partial charge in [0.2, 0.25) is 5.91 Å². The minimum atomic E-state index is -1.56. The highest BCUT2D eigenvalue weighted by molar-refractivity contribution is 5.92. The number of halogens is 3. The van der Waals surface area contributed by atoms with Crippen molar-refractivity contribution in [1.29, 1.82) is 0 Å². The van der Waals surface area contributed by atoms with E-state index < -0.39 is 23.4 Å². The SMILES string of the molecule is COCCNCC(=O)Nc1cc(F)c(F)c(F)c1. The van der Waals surface area contributed by atoms with Gasteiger partial charge in [-0.25, -0.2) is 13.2 Å². The van der Waals surface area contributed by atoms with E-state index in [0.717, 1.165) is 0 Å². The Hall–Kier alpha value is -1.60. The largest absolute Gasteiger partial charge is 0.383 e. The molecule has 18 heavy (non-hydrogen) atoms. The quantitative estimate of drug-likeness (QED) is 0.600. The molecule has 2 N–H and O–H groups in total. The van der Waals surface area contributed by atoms with Gasteiger partial charge in [0.1, 0.15) is 0 Å². The number of hydrogen-bond donors (Lipinski definition) is 2. The Kier molecular flexibility index (Phi) is 5.60. The van der Waals surface area contributed by atoms with E-state index in [0.29, 0.717) is 25.3 Å². The molecule has 0 spiro atoms. The number of amides is 1. The number of hydrogen-bond acceptors (Lipinski definition) is 3. The van der Waals surface area contributed by atoms with E-state index in [-0.39, 0.29) is 12.2 Å². The van der Waals surface area contributed by atoms with Crippen molar-refractivity contribution in [3.05, 3.63) is 29.6 Å². The maximum atomic E-state index is 12.8. The molecule has 0 atom stereocenters. The van der Waals surface area contributed by atoms with Crippen LogP contribution in [0.4, 0.5) is 18.9 Å². The van der Waals surface area contributed by atoms with Crippen LogP contribution < -0.4 is 10.6 Å². The average Bonchev–Trinajstić information content (AvgIpc) is 2.31. The lowest BCUT2D eigenvalue weighted by Crippen LogP contribution is -2.30. The third kappa shape index (κ3) is 4.34. The Bertz CT molecular complexity index is 404.